The molecule has 0 radical (unpaired) electrons. The highest BCUT2D eigenvalue weighted by molar-refractivity contribution is 5.79. The van der Waals surface area contributed by atoms with Crippen LogP contribution < -0.4 is 11.1 Å². The Kier molecular flexibility index (Phi) is 4.67. The lowest BCUT2D eigenvalue weighted by molar-refractivity contribution is -0.132. The number of nitrogens with zero attached hydrogens (tertiary/aromatic N) is 1. The second-order valence-corrected chi connectivity index (χ2v) is 6.93. The second-order valence-electron chi connectivity index (χ2n) is 6.93. The number of hydrogen-bond donors (Lipinski definition) is 2. The minimum absolute atomic E-state index is 0.0331. The first-order chi connectivity index (χ1) is 9.82. The Hall–Kier alpha value is -1.42. The average molecular weight is 289 g/mol. The number of carbonyl (C=O) groups is 1. The van der Waals surface area contributed by atoms with Crippen molar-refractivity contribution in [3.63, 3.8) is 0 Å². The Morgan fingerprint density at radius 2 is 2.14 bits per heavy atom. The van der Waals surface area contributed by atoms with Crippen molar-refractivity contribution in [2.24, 2.45) is 23.0 Å². The van der Waals surface area contributed by atoms with Crippen molar-refractivity contribution in [1.82, 2.24) is 10.3 Å². The van der Waals surface area contributed by atoms with Gasteiger partial charge >= 0.3 is 0 Å². The van der Waals surface area contributed by atoms with Gasteiger partial charge in [0, 0.05) is 30.4 Å². The summed E-state index contributed by atoms with van der Waals surface area (Å²) in [6, 6.07) is 4.17. The third kappa shape index (κ3) is 3.43. The van der Waals surface area contributed by atoms with E-state index in [2.05, 4.69) is 31.1 Å². The summed E-state index contributed by atoms with van der Waals surface area (Å²) in [5.41, 5.74) is 8.12. The van der Waals surface area contributed by atoms with Crippen LogP contribution in [-0.2, 0) is 11.3 Å². The van der Waals surface area contributed by atoms with Crippen molar-refractivity contribution in [3.05, 3.63) is 29.6 Å². The molecule has 4 heteroatoms. The van der Waals surface area contributed by atoms with E-state index in [1.54, 1.807) is 0 Å². The van der Waals surface area contributed by atoms with Crippen LogP contribution in [0.4, 0.5) is 0 Å². The number of nitrogens with two attached hydrogens (primary N) is 1. The molecule has 0 saturated heterocycles. The number of amides is 1. The third-order valence-electron chi connectivity index (χ3n) is 5.26. The highest BCUT2D eigenvalue weighted by Gasteiger charge is 2.44. The molecule has 1 aliphatic rings. The summed E-state index contributed by atoms with van der Waals surface area (Å²) >= 11 is 0. The molecule has 3 unspecified atom stereocenters. The number of rotatable bonds is 3. The minimum Gasteiger partial charge on any atom is -0.352 e. The number of carbonyl (C=O) groups excluding carboxylic acids is 1. The van der Waals surface area contributed by atoms with Gasteiger partial charge < -0.3 is 11.1 Å². The zero-order valence-electron chi connectivity index (χ0n) is 13.5. The van der Waals surface area contributed by atoms with Crippen molar-refractivity contribution in [2.45, 2.75) is 53.1 Å². The molecular weight excluding hydrogens is 262 g/mol. The van der Waals surface area contributed by atoms with E-state index in [1.165, 1.54) is 0 Å². The van der Waals surface area contributed by atoms with Gasteiger partial charge in [-0.15, -0.1) is 0 Å². The fraction of sp³-hybridized carbons (Fsp3) is 0.647. The zero-order chi connectivity index (χ0) is 15.6. The van der Waals surface area contributed by atoms with Crippen molar-refractivity contribution in [2.75, 3.05) is 0 Å². The standard InChI is InChI=1S/C17H27N3O/c1-11-5-6-13(9-19-11)10-20-16(21)14-7-8-15(18)12(2)17(14,3)4/h5-6,9,12,14-15H,7-8,10,18H2,1-4H3,(H,20,21). The molecule has 4 nitrogen and oxygen atoms in total. The molecular formula is C17H27N3O. The summed E-state index contributed by atoms with van der Waals surface area (Å²) in [6.45, 7) is 8.98. The lowest BCUT2D eigenvalue weighted by Gasteiger charge is -2.46. The Bertz CT molecular complexity index is 495. The predicted octanol–water partition coefficient (Wildman–Crippen LogP) is 2.41. The first-order valence-corrected chi connectivity index (χ1v) is 7.77. The van der Waals surface area contributed by atoms with Gasteiger partial charge in [0.2, 0.25) is 5.91 Å². The minimum atomic E-state index is -0.0622. The van der Waals surface area contributed by atoms with Gasteiger partial charge in [-0.2, -0.15) is 0 Å². The Morgan fingerprint density at radius 1 is 1.43 bits per heavy atom. The van der Waals surface area contributed by atoms with Crippen molar-refractivity contribution in [1.29, 1.82) is 0 Å². The number of pyridine rings is 1. The zero-order valence-corrected chi connectivity index (χ0v) is 13.5. The first-order valence-electron chi connectivity index (χ1n) is 7.77. The Morgan fingerprint density at radius 3 is 2.76 bits per heavy atom. The third-order valence-corrected chi connectivity index (χ3v) is 5.26. The molecule has 1 saturated carbocycles. The number of nitrogens with one attached hydrogen (secondary N) is 1. The molecule has 3 atom stereocenters. The van der Waals surface area contributed by atoms with E-state index in [4.69, 9.17) is 5.73 Å². The summed E-state index contributed by atoms with van der Waals surface area (Å²) in [4.78, 5) is 16.8. The summed E-state index contributed by atoms with van der Waals surface area (Å²) in [5, 5.41) is 3.06. The Balaban J connectivity index is 1.98. The van der Waals surface area contributed by atoms with Gasteiger partial charge in [0.05, 0.1) is 0 Å². The predicted molar refractivity (Wildman–Crippen MR) is 84.5 cm³/mol. The van der Waals surface area contributed by atoms with Crippen molar-refractivity contribution < 1.29 is 4.79 Å². The average Bonchev–Trinajstić information content (AvgIpc) is 2.44. The maximum atomic E-state index is 12.5. The summed E-state index contributed by atoms with van der Waals surface area (Å²) in [5.74, 6) is 0.521. The topological polar surface area (TPSA) is 68.0 Å². The van der Waals surface area contributed by atoms with Gasteiger partial charge in [-0.25, -0.2) is 0 Å². The molecule has 1 aromatic heterocycles. The van der Waals surface area contributed by atoms with Crippen molar-refractivity contribution in [3.8, 4) is 0 Å². The molecule has 3 N–H and O–H groups in total. The molecule has 116 valence electrons. The van der Waals surface area contributed by atoms with Crippen LogP contribution in [0.5, 0.6) is 0 Å². The smallest absolute Gasteiger partial charge is 0.223 e. The molecule has 2 rings (SSSR count). The van der Waals surface area contributed by atoms with E-state index in [-0.39, 0.29) is 23.3 Å². The van der Waals surface area contributed by atoms with Crippen LogP contribution in [0.1, 0.15) is 44.9 Å². The lowest BCUT2D eigenvalue weighted by Crippen LogP contribution is -2.51. The van der Waals surface area contributed by atoms with E-state index in [0.717, 1.165) is 24.1 Å². The first kappa shape index (κ1) is 16.0. The summed E-state index contributed by atoms with van der Waals surface area (Å²) in [7, 11) is 0. The SMILES string of the molecule is Cc1ccc(CNC(=O)C2CCC(N)C(C)C2(C)C)cn1. The van der Waals surface area contributed by atoms with Crippen LogP contribution in [0.3, 0.4) is 0 Å². The van der Waals surface area contributed by atoms with E-state index < -0.39 is 0 Å². The van der Waals surface area contributed by atoms with Gasteiger partial charge in [0.25, 0.3) is 0 Å². The molecule has 0 aromatic carbocycles. The monoisotopic (exact) mass is 289 g/mol. The van der Waals surface area contributed by atoms with E-state index in [0.29, 0.717) is 12.5 Å². The molecule has 1 amide bonds. The Labute approximate surface area is 127 Å². The van der Waals surface area contributed by atoms with Gasteiger partial charge in [0.1, 0.15) is 0 Å². The molecule has 0 aliphatic heterocycles. The molecule has 1 heterocycles. The number of hydrogen-bond acceptors (Lipinski definition) is 3. The molecule has 21 heavy (non-hydrogen) atoms. The van der Waals surface area contributed by atoms with Crippen LogP contribution in [0.25, 0.3) is 0 Å². The van der Waals surface area contributed by atoms with Crippen molar-refractivity contribution >= 4 is 5.91 Å². The van der Waals surface area contributed by atoms with E-state index in [9.17, 15) is 4.79 Å². The highest BCUT2D eigenvalue weighted by atomic mass is 16.1. The van der Waals surface area contributed by atoms with Gasteiger partial charge in [-0.05, 0) is 42.7 Å². The van der Waals surface area contributed by atoms with Crippen LogP contribution in [0.15, 0.2) is 18.3 Å². The molecule has 0 spiro atoms. The lowest BCUT2D eigenvalue weighted by atomic mass is 9.61. The van der Waals surface area contributed by atoms with Gasteiger partial charge in [-0.3, -0.25) is 9.78 Å². The summed E-state index contributed by atoms with van der Waals surface area (Å²) < 4.78 is 0. The van der Waals surface area contributed by atoms with Crippen LogP contribution in [0.2, 0.25) is 0 Å². The van der Waals surface area contributed by atoms with Crippen LogP contribution in [0, 0.1) is 24.2 Å². The van der Waals surface area contributed by atoms with Crippen LogP contribution >= 0.6 is 0 Å². The second kappa shape index (κ2) is 6.14. The largest absolute Gasteiger partial charge is 0.352 e. The normalized spacial score (nSPS) is 28.1. The number of aryl methyl sites for hydroxylation is 1. The van der Waals surface area contributed by atoms with E-state index >= 15 is 0 Å². The molecule has 1 fully saturated rings. The summed E-state index contributed by atoms with van der Waals surface area (Å²) in [6.07, 6.45) is 3.62. The fourth-order valence-electron chi connectivity index (χ4n) is 3.23. The molecule has 0 bridgehead atoms. The van der Waals surface area contributed by atoms with Gasteiger partial charge in [0.15, 0.2) is 0 Å². The van der Waals surface area contributed by atoms with E-state index in [1.807, 2.05) is 25.3 Å². The van der Waals surface area contributed by atoms with Crippen LogP contribution in [-0.4, -0.2) is 16.9 Å². The van der Waals surface area contributed by atoms with Gasteiger partial charge in [-0.1, -0.05) is 26.8 Å². The highest BCUT2D eigenvalue weighted by Crippen LogP contribution is 2.44. The molecule has 1 aromatic rings. The maximum absolute atomic E-state index is 12.5. The number of aromatic nitrogens is 1. The quantitative estimate of drug-likeness (QED) is 0.898. The maximum Gasteiger partial charge on any atom is 0.223 e. The molecule has 1 aliphatic carbocycles. The fourth-order valence-corrected chi connectivity index (χ4v) is 3.23.